The molecule has 5 heteroatoms. The third-order valence-electron chi connectivity index (χ3n) is 3.49. The van der Waals surface area contributed by atoms with Crippen LogP contribution < -0.4 is 4.74 Å². The van der Waals surface area contributed by atoms with Crippen LogP contribution in [0.15, 0.2) is 46.9 Å². The van der Waals surface area contributed by atoms with E-state index in [1.807, 2.05) is 18.2 Å². The lowest BCUT2D eigenvalue weighted by Gasteiger charge is -2.06. The van der Waals surface area contributed by atoms with Crippen LogP contribution in [0.1, 0.15) is 22.8 Å². The molecule has 0 aliphatic rings. The maximum absolute atomic E-state index is 12.4. The smallest absolute Gasteiger partial charge is 0.346 e. The van der Waals surface area contributed by atoms with Gasteiger partial charge in [0.1, 0.15) is 17.1 Å². The second-order valence-corrected chi connectivity index (χ2v) is 4.98. The summed E-state index contributed by atoms with van der Waals surface area (Å²) >= 11 is 0. The number of hydrogen-bond acceptors (Lipinski definition) is 5. The molecule has 0 bridgehead atoms. The number of para-hydroxylation sites is 1. The van der Waals surface area contributed by atoms with E-state index in [-0.39, 0.29) is 23.9 Å². The third kappa shape index (κ3) is 2.73. The number of hydrogen-bond donors (Lipinski definition) is 1. The second-order valence-electron chi connectivity index (χ2n) is 4.98. The highest BCUT2D eigenvalue weighted by Crippen LogP contribution is 2.39. The predicted molar refractivity (Wildman–Crippen MR) is 85.1 cm³/mol. The third-order valence-corrected chi connectivity index (χ3v) is 3.49. The molecule has 1 N–H and O–H groups in total. The van der Waals surface area contributed by atoms with Crippen molar-refractivity contribution in [2.24, 2.45) is 0 Å². The standard InChI is InChI=1S/C18H16O5/c1-3-21-17(20)16-15-11(2)13(19)9-10-14(15)23-18(16)22-12-7-5-4-6-8-12/h4-10,19H,3H2,1-2H3. The SMILES string of the molecule is CCOC(=O)c1c(Oc2ccccc2)oc2ccc(O)c(C)c12. The van der Waals surface area contributed by atoms with Crippen LogP contribution in [0, 0.1) is 6.92 Å². The highest BCUT2D eigenvalue weighted by molar-refractivity contribution is 6.07. The number of phenolic OH excluding ortho intramolecular Hbond substituents is 1. The van der Waals surface area contributed by atoms with Gasteiger partial charge in [0.15, 0.2) is 5.56 Å². The molecule has 0 fully saturated rings. The molecule has 0 saturated carbocycles. The van der Waals surface area contributed by atoms with Gasteiger partial charge in [-0.2, -0.15) is 0 Å². The zero-order valence-corrected chi connectivity index (χ0v) is 12.8. The lowest BCUT2D eigenvalue weighted by Crippen LogP contribution is -2.05. The topological polar surface area (TPSA) is 68.9 Å². The fourth-order valence-electron chi connectivity index (χ4n) is 2.38. The van der Waals surface area contributed by atoms with Crippen molar-refractivity contribution < 1.29 is 23.8 Å². The average molecular weight is 312 g/mol. The van der Waals surface area contributed by atoms with Crippen LogP contribution in [0.3, 0.4) is 0 Å². The molecule has 3 rings (SSSR count). The summed E-state index contributed by atoms with van der Waals surface area (Å²) in [5, 5.41) is 10.4. The summed E-state index contributed by atoms with van der Waals surface area (Å²) in [7, 11) is 0. The number of furan rings is 1. The lowest BCUT2D eigenvalue weighted by molar-refractivity contribution is 0.0523. The van der Waals surface area contributed by atoms with Gasteiger partial charge in [-0.15, -0.1) is 0 Å². The van der Waals surface area contributed by atoms with E-state index in [0.29, 0.717) is 22.3 Å². The molecule has 5 nitrogen and oxygen atoms in total. The molecule has 0 unspecified atom stereocenters. The summed E-state index contributed by atoms with van der Waals surface area (Å²) in [6, 6.07) is 12.1. The van der Waals surface area contributed by atoms with Crippen molar-refractivity contribution in [2.45, 2.75) is 13.8 Å². The van der Waals surface area contributed by atoms with Crippen molar-refractivity contribution in [1.82, 2.24) is 0 Å². The summed E-state index contributed by atoms with van der Waals surface area (Å²) in [5.41, 5.74) is 1.17. The first-order valence-corrected chi connectivity index (χ1v) is 7.27. The molecule has 2 aromatic carbocycles. The van der Waals surface area contributed by atoms with Gasteiger partial charge >= 0.3 is 11.9 Å². The van der Waals surface area contributed by atoms with Gasteiger partial charge in [0.05, 0.1) is 6.61 Å². The van der Waals surface area contributed by atoms with Crippen LogP contribution in [0.25, 0.3) is 11.0 Å². The van der Waals surface area contributed by atoms with Gasteiger partial charge in [0.2, 0.25) is 0 Å². The Kier molecular flexibility index (Phi) is 3.93. The van der Waals surface area contributed by atoms with E-state index in [4.69, 9.17) is 13.9 Å². The minimum absolute atomic E-state index is 0.0540. The number of carbonyl (C=O) groups excluding carboxylic acids is 1. The van der Waals surface area contributed by atoms with Crippen molar-refractivity contribution in [2.75, 3.05) is 6.61 Å². The van der Waals surface area contributed by atoms with Crippen LogP contribution in [-0.2, 0) is 4.74 Å². The minimum atomic E-state index is -0.550. The fourth-order valence-corrected chi connectivity index (χ4v) is 2.38. The molecule has 3 aromatic rings. The Labute approximate surface area is 133 Å². The van der Waals surface area contributed by atoms with Crippen LogP contribution in [0.5, 0.6) is 17.4 Å². The monoisotopic (exact) mass is 312 g/mol. The second kappa shape index (κ2) is 6.04. The quantitative estimate of drug-likeness (QED) is 0.722. The lowest BCUT2D eigenvalue weighted by atomic mass is 10.1. The Morgan fingerprint density at radius 3 is 2.61 bits per heavy atom. The number of phenols is 1. The van der Waals surface area contributed by atoms with Gasteiger partial charge in [-0.05, 0) is 38.1 Å². The molecule has 0 radical (unpaired) electrons. The Morgan fingerprint density at radius 1 is 1.17 bits per heavy atom. The molecule has 0 spiro atoms. The number of esters is 1. The van der Waals surface area contributed by atoms with Crippen LogP contribution in [0.2, 0.25) is 0 Å². The number of rotatable bonds is 4. The van der Waals surface area contributed by atoms with Crippen molar-refractivity contribution in [3.8, 4) is 17.4 Å². The van der Waals surface area contributed by atoms with Gasteiger partial charge in [0, 0.05) is 10.9 Å². The highest BCUT2D eigenvalue weighted by atomic mass is 16.6. The Hall–Kier alpha value is -2.95. The maximum atomic E-state index is 12.4. The summed E-state index contributed by atoms with van der Waals surface area (Å²) in [6.07, 6.45) is 0. The van der Waals surface area contributed by atoms with Crippen LogP contribution in [-0.4, -0.2) is 17.7 Å². The Morgan fingerprint density at radius 2 is 1.91 bits per heavy atom. The molecule has 0 amide bonds. The van der Waals surface area contributed by atoms with Crippen molar-refractivity contribution in [3.05, 3.63) is 53.6 Å². The first-order chi connectivity index (χ1) is 11.1. The Balaban J connectivity index is 2.18. The van der Waals surface area contributed by atoms with E-state index < -0.39 is 5.97 Å². The minimum Gasteiger partial charge on any atom is -0.508 e. The molecule has 1 aromatic heterocycles. The summed E-state index contributed by atoms with van der Waals surface area (Å²) in [4.78, 5) is 12.4. The van der Waals surface area contributed by atoms with Gasteiger partial charge < -0.3 is 19.0 Å². The first-order valence-electron chi connectivity index (χ1n) is 7.27. The van der Waals surface area contributed by atoms with Crippen LogP contribution in [0.4, 0.5) is 0 Å². The summed E-state index contributed by atoms with van der Waals surface area (Å²) < 4.78 is 16.5. The van der Waals surface area contributed by atoms with E-state index in [9.17, 15) is 9.90 Å². The average Bonchev–Trinajstić information content (AvgIpc) is 2.91. The Bertz CT molecular complexity index is 849. The van der Waals surface area contributed by atoms with Crippen molar-refractivity contribution >= 4 is 16.9 Å². The first kappa shape index (κ1) is 15.0. The number of fused-ring (bicyclic) bond motifs is 1. The molecule has 0 atom stereocenters. The molecule has 118 valence electrons. The van der Waals surface area contributed by atoms with Gasteiger partial charge in [-0.1, -0.05) is 18.2 Å². The van der Waals surface area contributed by atoms with Gasteiger partial charge in [0.25, 0.3) is 0 Å². The normalized spacial score (nSPS) is 10.7. The molecule has 1 heterocycles. The summed E-state index contributed by atoms with van der Waals surface area (Å²) in [5.74, 6) is 0.123. The number of ether oxygens (including phenoxy) is 2. The van der Waals surface area contributed by atoms with E-state index >= 15 is 0 Å². The molecule has 0 aliphatic carbocycles. The molecule has 0 aliphatic heterocycles. The van der Waals surface area contributed by atoms with E-state index in [2.05, 4.69) is 0 Å². The van der Waals surface area contributed by atoms with E-state index in [1.165, 1.54) is 6.07 Å². The maximum Gasteiger partial charge on any atom is 0.346 e. The zero-order chi connectivity index (χ0) is 16.4. The number of carbonyl (C=O) groups is 1. The van der Waals surface area contributed by atoms with Gasteiger partial charge in [-0.25, -0.2) is 4.79 Å². The van der Waals surface area contributed by atoms with E-state index in [0.717, 1.165) is 0 Å². The van der Waals surface area contributed by atoms with Gasteiger partial charge in [-0.3, -0.25) is 0 Å². The number of benzene rings is 2. The zero-order valence-electron chi connectivity index (χ0n) is 12.8. The molecular weight excluding hydrogens is 296 g/mol. The molecule has 0 saturated heterocycles. The molecular formula is C18H16O5. The summed E-state index contributed by atoms with van der Waals surface area (Å²) in [6.45, 7) is 3.67. The number of aryl methyl sites for hydroxylation is 1. The largest absolute Gasteiger partial charge is 0.508 e. The predicted octanol–water partition coefficient (Wildman–Crippen LogP) is 4.42. The number of aromatic hydroxyl groups is 1. The molecule has 23 heavy (non-hydrogen) atoms. The fraction of sp³-hybridized carbons (Fsp3) is 0.167. The van der Waals surface area contributed by atoms with Crippen LogP contribution >= 0.6 is 0 Å². The van der Waals surface area contributed by atoms with Crippen molar-refractivity contribution in [3.63, 3.8) is 0 Å². The van der Waals surface area contributed by atoms with E-state index in [1.54, 1.807) is 32.0 Å². The highest BCUT2D eigenvalue weighted by Gasteiger charge is 2.26. The van der Waals surface area contributed by atoms with Crippen molar-refractivity contribution in [1.29, 1.82) is 0 Å².